The fourth-order valence-electron chi connectivity index (χ4n) is 4.86. The molecule has 1 aromatic heterocycles. The highest BCUT2D eigenvalue weighted by atomic mass is 16.7. The number of phenolic OH excluding ortho intramolecular Hbond substituents is 3. The summed E-state index contributed by atoms with van der Waals surface area (Å²) < 4.78 is 27.5. The molecule has 0 unspecified atom stereocenters. The number of ether oxygens (including phenoxy) is 4. The van der Waals surface area contributed by atoms with E-state index in [0.717, 1.165) is 6.07 Å². The molecule has 0 spiro atoms. The van der Waals surface area contributed by atoms with E-state index in [1.54, 1.807) is 0 Å². The fraction of sp³-hybridized carbons (Fsp3) is 0.444. The topological polar surface area (TPSA) is 290 Å². The second-order valence-corrected chi connectivity index (χ2v) is 10.2. The molecule has 2 aliphatic rings. The average Bonchev–Trinajstić information content (AvgIpc) is 3.01. The van der Waals surface area contributed by atoms with Gasteiger partial charge in [0.15, 0.2) is 16.8 Å². The second kappa shape index (κ2) is 12.3. The zero-order valence-electron chi connectivity index (χ0n) is 22.4. The van der Waals surface area contributed by atoms with Crippen molar-refractivity contribution in [1.82, 2.24) is 0 Å². The molecule has 0 saturated carbocycles. The molecular formula is C27H30O17. The Hall–Kier alpha value is -3.75. The molecule has 2 saturated heterocycles. The molecule has 2 aromatic carbocycles. The van der Waals surface area contributed by atoms with E-state index in [4.69, 9.17) is 23.4 Å². The Bertz CT molecular complexity index is 1540. The van der Waals surface area contributed by atoms with Crippen molar-refractivity contribution < 1.29 is 79.5 Å². The molecule has 17 nitrogen and oxygen atoms in total. The van der Waals surface area contributed by atoms with E-state index in [1.165, 1.54) is 24.3 Å². The van der Waals surface area contributed by atoms with Gasteiger partial charge in [-0.1, -0.05) is 0 Å². The van der Waals surface area contributed by atoms with E-state index < -0.39 is 114 Å². The summed E-state index contributed by atoms with van der Waals surface area (Å²) >= 11 is 0. The van der Waals surface area contributed by atoms with Crippen LogP contribution in [0.25, 0.3) is 22.3 Å². The number of benzene rings is 2. The Kier molecular flexibility index (Phi) is 8.87. The number of aliphatic hydroxyl groups excluding tert-OH is 8. The molecule has 44 heavy (non-hydrogen) atoms. The predicted octanol–water partition coefficient (Wildman–Crippen LogP) is -3.07. The van der Waals surface area contributed by atoms with E-state index in [-0.39, 0.29) is 17.1 Å². The molecule has 10 atom stereocenters. The van der Waals surface area contributed by atoms with Gasteiger partial charge in [0, 0.05) is 11.6 Å². The largest absolute Gasteiger partial charge is 0.508 e. The van der Waals surface area contributed by atoms with Crippen LogP contribution in [0, 0.1) is 0 Å². The van der Waals surface area contributed by atoms with Crippen molar-refractivity contribution in [1.29, 1.82) is 0 Å². The van der Waals surface area contributed by atoms with Crippen LogP contribution >= 0.6 is 0 Å². The van der Waals surface area contributed by atoms with Crippen LogP contribution in [0.2, 0.25) is 0 Å². The third kappa shape index (κ3) is 5.50. The number of rotatable bonds is 7. The SMILES string of the molecule is O=c1cc(-c2ccc(O)cc2)oc2c(O[C@@H]3O[C@H](CO)[C@H](O)[C@H](O)[C@@H]3O)c(O)c(O[C@@H]3O[C@H](CO)[C@H](O)[C@@H](O)[C@H]3O)c(O)c12. The smallest absolute Gasteiger partial charge is 0.229 e. The Balaban J connectivity index is 1.67. The summed E-state index contributed by atoms with van der Waals surface area (Å²) in [7, 11) is 0. The van der Waals surface area contributed by atoms with E-state index >= 15 is 0 Å². The molecule has 2 fully saturated rings. The Morgan fingerprint density at radius 1 is 0.659 bits per heavy atom. The van der Waals surface area contributed by atoms with Crippen LogP contribution in [0.4, 0.5) is 0 Å². The first-order chi connectivity index (χ1) is 20.9. The first-order valence-corrected chi connectivity index (χ1v) is 13.2. The van der Waals surface area contributed by atoms with Crippen molar-refractivity contribution in [2.24, 2.45) is 0 Å². The monoisotopic (exact) mass is 626 g/mol. The molecule has 3 heterocycles. The number of hydrogen-bond donors (Lipinski definition) is 11. The van der Waals surface area contributed by atoms with Gasteiger partial charge in [-0.3, -0.25) is 4.79 Å². The predicted molar refractivity (Wildman–Crippen MR) is 142 cm³/mol. The number of aliphatic hydroxyl groups is 8. The van der Waals surface area contributed by atoms with Crippen LogP contribution < -0.4 is 14.9 Å². The van der Waals surface area contributed by atoms with Gasteiger partial charge >= 0.3 is 0 Å². The molecule has 17 heteroatoms. The zero-order chi connectivity index (χ0) is 32.0. The van der Waals surface area contributed by atoms with E-state index in [0.29, 0.717) is 0 Å². The number of phenols is 3. The fourth-order valence-corrected chi connectivity index (χ4v) is 4.86. The summed E-state index contributed by atoms with van der Waals surface area (Å²) in [5.41, 5.74) is -1.33. The van der Waals surface area contributed by atoms with Crippen molar-refractivity contribution in [2.75, 3.05) is 13.2 Å². The Morgan fingerprint density at radius 3 is 1.66 bits per heavy atom. The van der Waals surface area contributed by atoms with Gasteiger partial charge in [-0.15, -0.1) is 0 Å². The lowest BCUT2D eigenvalue weighted by Gasteiger charge is -2.40. The third-order valence-corrected chi connectivity index (χ3v) is 7.35. The lowest BCUT2D eigenvalue weighted by atomic mass is 9.99. The van der Waals surface area contributed by atoms with Crippen LogP contribution in [0.1, 0.15) is 0 Å². The lowest BCUT2D eigenvalue weighted by Crippen LogP contribution is -2.60. The molecule has 0 bridgehead atoms. The highest BCUT2D eigenvalue weighted by Gasteiger charge is 2.47. The molecule has 0 radical (unpaired) electrons. The summed E-state index contributed by atoms with van der Waals surface area (Å²) in [6.07, 6.45) is -18.2. The van der Waals surface area contributed by atoms with Crippen LogP contribution in [-0.2, 0) is 9.47 Å². The van der Waals surface area contributed by atoms with Crippen LogP contribution in [0.3, 0.4) is 0 Å². The number of aromatic hydroxyl groups is 3. The van der Waals surface area contributed by atoms with Crippen molar-refractivity contribution in [3.8, 4) is 40.1 Å². The van der Waals surface area contributed by atoms with Gasteiger partial charge in [0.1, 0.15) is 65.7 Å². The van der Waals surface area contributed by atoms with Gasteiger partial charge < -0.3 is 79.5 Å². The minimum absolute atomic E-state index is 0.103. The average molecular weight is 627 g/mol. The highest BCUT2D eigenvalue weighted by molar-refractivity contribution is 5.95. The quantitative estimate of drug-likeness (QED) is 0.124. The molecule has 2 aliphatic heterocycles. The molecule has 0 aliphatic carbocycles. The number of fused-ring (bicyclic) bond motifs is 1. The first-order valence-electron chi connectivity index (χ1n) is 13.2. The van der Waals surface area contributed by atoms with Gasteiger partial charge in [-0.05, 0) is 24.3 Å². The molecule has 11 N–H and O–H groups in total. The van der Waals surface area contributed by atoms with Gasteiger partial charge in [0.25, 0.3) is 0 Å². The van der Waals surface area contributed by atoms with Crippen LogP contribution in [0.15, 0.2) is 39.5 Å². The summed E-state index contributed by atoms with van der Waals surface area (Å²) in [5.74, 6) is -4.28. The number of hydrogen-bond acceptors (Lipinski definition) is 17. The van der Waals surface area contributed by atoms with Crippen molar-refractivity contribution in [2.45, 2.75) is 61.4 Å². The van der Waals surface area contributed by atoms with Gasteiger partial charge in [-0.2, -0.15) is 0 Å². The third-order valence-electron chi connectivity index (χ3n) is 7.35. The molecule has 3 aromatic rings. The first kappa shape index (κ1) is 31.7. The van der Waals surface area contributed by atoms with Gasteiger partial charge in [0.2, 0.25) is 29.8 Å². The normalized spacial score (nSPS) is 32.5. The van der Waals surface area contributed by atoms with Crippen molar-refractivity contribution in [3.63, 3.8) is 0 Å². The maximum atomic E-state index is 13.3. The summed E-state index contributed by atoms with van der Waals surface area (Å²) in [4.78, 5) is 13.3. The minimum atomic E-state index is -2.01. The Morgan fingerprint density at radius 2 is 1.16 bits per heavy atom. The summed E-state index contributed by atoms with van der Waals surface area (Å²) in [6.45, 7) is -1.67. The second-order valence-electron chi connectivity index (χ2n) is 10.2. The van der Waals surface area contributed by atoms with E-state index in [2.05, 4.69) is 0 Å². The maximum absolute atomic E-state index is 13.3. The Labute approximate surface area is 246 Å². The highest BCUT2D eigenvalue weighted by Crippen LogP contribution is 2.51. The standard InChI is InChI=1S/C27H30O17/c28-6-12-15(32)18(35)20(37)26(41-12)43-24-17(34)14-10(31)5-11(8-1-3-9(30)4-2-8)40-23(14)25(22(24)39)44-27-21(38)19(36)16(33)13(7-29)42-27/h1-5,12-13,15-16,18-21,26-30,32-39H,6-7H2/t12-,13-,15+,16+,18-,19+,20-,21+,26+,27+/m1/s1. The van der Waals surface area contributed by atoms with E-state index in [9.17, 15) is 61.0 Å². The zero-order valence-corrected chi connectivity index (χ0v) is 22.4. The van der Waals surface area contributed by atoms with Gasteiger partial charge in [-0.25, -0.2) is 0 Å². The van der Waals surface area contributed by atoms with Crippen LogP contribution in [-0.4, -0.2) is 131 Å². The summed E-state index contributed by atoms with van der Waals surface area (Å²) in [5, 5.41) is 112. The molecule has 5 rings (SSSR count). The molecule has 240 valence electrons. The van der Waals surface area contributed by atoms with Crippen molar-refractivity contribution >= 4 is 11.0 Å². The maximum Gasteiger partial charge on any atom is 0.229 e. The van der Waals surface area contributed by atoms with E-state index in [1.807, 2.05) is 0 Å². The lowest BCUT2D eigenvalue weighted by molar-refractivity contribution is -0.279. The van der Waals surface area contributed by atoms with Gasteiger partial charge in [0.05, 0.1) is 13.2 Å². The van der Waals surface area contributed by atoms with Crippen molar-refractivity contribution in [3.05, 3.63) is 40.6 Å². The molecule has 0 amide bonds. The van der Waals surface area contributed by atoms with Crippen LogP contribution in [0.5, 0.6) is 28.7 Å². The molecular weight excluding hydrogens is 596 g/mol. The summed E-state index contributed by atoms with van der Waals surface area (Å²) in [6, 6.07) is 6.29. The minimum Gasteiger partial charge on any atom is -0.508 e.